The Morgan fingerprint density at radius 3 is 2.79 bits per heavy atom. The number of ether oxygens (including phenoxy) is 1. The van der Waals surface area contributed by atoms with Crippen LogP contribution in [0.25, 0.3) is 11.4 Å². The van der Waals surface area contributed by atoms with Crippen LogP contribution < -0.4 is 10.1 Å². The molecule has 1 aromatic heterocycles. The number of nitrogens with one attached hydrogen (secondary N) is 1. The third kappa shape index (κ3) is 2.98. The van der Waals surface area contributed by atoms with Gasteiger partial charge in [0.25, 0.3) is 0 Å². The van der Waals surface area contributed by atoms with Gasteiger partial charge in [-0.05, 0) is 35.0 Å². The van der Waals surface area contributed by atoms with Crippen LogP contribution in [0, 0.1) is 5.82 Å². The average molecular weight is 327 g/mol. The minimum absolute atomic E-state index is 0.139. The topological polar surface area (TPSA) is 59.9 Å². The minimum Gasteiger partial charge on any atom is -0.467 e. The Morgan fingerprint density at radius 1 is 1.32 bits per heavy atom. The zero-order valence-electron chi connectivity index (χ0n) is 10.4. The van der Waals surface area contributed by atoms with Crippen molar-refractivity contribution in [3.05, 3.63) is 28.5 Å². The van der Waals surface area contributed by atoms with E-state index < -0.39 is 5.82 Å². The predicted molar refractivity (Wildman–Crippen MR) is 73.6 cm³/mol. The number of hydrogen-bond donors (Lipinski definition) is 1. The van der Waals surface area contributed by atoms with Gasteiger partial charge in [0.2, 0.25) is 5.95 Å². The molecule has 0 radical (unpaired) electrons. The number of rotatable bonds is 4. The molecule has 0 saturated heterocycles. The molecule has 0 atom stereocenters. The van der Waals surface area contributed by atoms with Crippen molar-refractivity contribution in [2.24, 2.45) is 0 Å². The first-order valence-electron chi connectivity index (χ1n) is 5.64. The molecule has 0 aliphatic rings. The van der Waals surface area contributed by atoms with Crippen LogP contribution in [0.15, 0.2) is 22.7 Å². The molecule has 0 aliphatic carbocycles. The van der Waals surface area contributed by atoms with Gasteiger partial charge in [-0.1, -0.05) is 6.07 Å². The van der Waals surface area contributed by atoms with E-state index in [2.05, 4.69) is 36.2 Å². The molecule has 2 rings (SSSR count). The molecule has 2 aromatic rings. The fourth-order valence-electron chi connectivity index (χ4n) is 1.48. The Kier molecular flexibility index (Phi) is 4.26. The lowest BCUT2D eigenvalue weighted by atomic mass is 10.2. The molecule has 0 saturated carbocycles. The van der Waals surface area contributed by atoms with Crippen molar-refractivity contribution < 1.29 is 9.13 Å². The fraction of sp³-hybridized carbons (Fsp3) is 0.250. The van der Waals surface area contributed by atoms with E-state index in [1.807, 2.05) is 6.92 Å². The number of halogens is 2. The maximum absolute atomic E-state index is 14.0. The van der Waals surface area contributed by atoms with Gasteiger partial charge in [0, 0.05) is 6.54 Å². The van der Waals surface area contributed by atoms with Crippen molar-refractivity contribution >= 4 is 21.9 Å². The van der Waals surface area contributed by atoms with Gasteiger partial charge in [-0.3, -0.25) is 0 Å². The SMILES string of the molecule is CCNc1nc(OC)nc(-c2cccc(Br)c2F)n1. The first kappa shape index (κ1) is 13.7. The van der Waals surface area contributed by atoms with Gasteiger partial charge in [-0.25, -0.2) is 4.39 Å². The normalized spacial score (nSPS) is 10.3. The van der Waals surface area contributed by atoms with Gasteiger partial charge >= 0.3 is 6.01 Å². The lowest BCUT2D eigenvalue weighted by molar-refractivity contribution is 0.379. The van der Waals surface area contributed by atoms with Crippen molar-refractivity contribution in [3.8, 4) is 17.4 Å². The van der Waals surface area contributed by atoms with E-state index in [0.29, 0.717) is 17.0 Å². The van der Waals surface area contributed by atoms with E-state index in [-0.39, 0.29) is 17.4 Å². The summed E-state index contributed by atoms with van der Waals surface area (Å²) >= 11 is 3.14. The molecular formula is C12H12BrFN4O. The minimum atomic E-state index is -0.418. The van der Waals surface area contributed by atoms with Crippen LogP contribution in [0.1, 0.15) is 6.92 Å². The molecule has 0 unspecified atom stereocenters. The Hall–Kier alpha value is -1.76. The van der Waals surface area contributed by atoms with Crippen LogP contribution in [0.5, 0.6) is 6.01 Å². The highest BCUT2D eigenvalue weighted by Gasteiger charge is 2.14. The summed E-state index contributed by atoms with van der Waals surface area (Å²) < 4.78 is 19.4. The van der Waals surface area contributed by atoms with Crippen LogP contribution in [-0.4, -0.2) is 28.6 Å². The number of methoxy groups -OCH3 is 1. The smallest absolute Gasteiger partial charge is 0.321 e. The molecule has 0 aliphatic heterocycles. The number of nitrogens with zero attached hydrogens (tertiary/aromatic N) is 3. The molecule has 1 aromatic carbocycles. The quantitative estimate of drug-likeness (QED) is 0.936. The highest BCUT2D eigenvalue weighted by atomic mass is 79.9. The van der Waals surface area contributed by atoms with E-state index in [4.69, 9.17) is 4.74 Å². The molecule has 1 N–H and O–H groups in total. The average Bonchev–Trinajstić information content (AvgIpc) is 2.42. The van der Waals surface area contributed by atoms with Gasteiger partial charge in [-0.15, -0.1) is 0 Å². The molecule has 0 amide bonds. The molecule has 1 heterocycles. The van der Waals surface area contributed by atoms with Crippen LogP contribution in [0.3, 0.4) is 0 Å². The number of benzene rings is 1. The summed E-state index contributed by atoms with van der Waals surface area (Å²) in [6.07, 6.45) is 0. The van der Waals surface area contributed by atoms with E-state index in [1.165, 1.54) is 7.11 Å². The van der Waals surface area contributed by atoms with E-state index in [0.717, 1.165) is 0 Å². The van der Waals surface area contributed by atoms with Gasteiger partial charge in [-0.2, -0.15) is 15.0 Å². The lowest BCUT2D eigenvalue weighted by Gasteiger charge is -2.08. The summed E-state index contributed by atoms with van der Waals surface area (Å²) in [4.78, 5) is 12.3. The first-order chi connectivity index (χ1) is 9.15. The second-order valence-corrected chi connectivity index (χ2v) is 4.46. The molecule has 7 heteroatoms. The van der Waals surface area contributed by atoms with Crippen LogP contribution in [-0.2, 0) is 0 Å². The summed E-state index contributed by atoms with van der Waals surface area (Å²) in [5.41, 5.74) is 0.286. The second kappa shape index (κ2) is 5.92. The summed E-state index contributed by atoms with van der Waals surface area (Å²) in [5.74, 6) is 0.156. The summed E-state index contributed by atoms with van der Waals surface area (Å²) in [5, 5.41) is 2.95. The Bertz CT molecular complexity index is 594. The number of aromatic nitrogens is 3. The molecule has 19 heavy (non-hydrogen) atoms. The van der Waals surface area contributed by atoms with Gasteiger partial charge in [0.15, 0.2) is 5.82 Å². The molecule has 0 spiro atoms. The zero-order chi connectivity index (χ0) is 13.8. The van der Waals surface area contributed by atoms with Crippen molar-refractivity contribution in [2.45, 2.75) is 6.92 Å². The second-order valence-electron chi connectivity index (χ2n) is 3.60. The van der Waals surface area contributed by atoms with E-state index in [1.54, 1.807) is 18.2 Å². The van der Waals surface area contributed by atoms with Gasteiger partial charge in [0.1, 0.15) is 5.82 Å². The molecule has 100 valence electrons. The Labute approximate surface area is 118 Å². The molecular weight excluding hydrogens is 315 g/mol. The Morgan fingerprint density at radius 2 is 2.11 bits per heavy atom. The van der Waals surface area contributed by atoms with E-state index >= 15 is 0 Å². The van der Waals surface area contributed by atoms with Gasteiger partial charge < -0.3 is 10.1 Å². The van der Waals surface area contributed by atoms with Gasteiger partial charge in [0.05, 0.1) is 17.1 Å². The maximum atomic E-state index is 14.0. The monoisotopic (exact) mass is 326 g/mol. The van der Waals surface area contributed by atoms with Crippen LogP contribution >= 0.6 is 15.9 Å². The van der Waals surface area contributed by atoms with Crippen LogP contribution in [0.4, 0.5) is 10.3 Å². The Balaban J connectivity index is 2.54. The summed E-state index contributed by atoms with van der Waals surface area (Å²) in [7, 11) is 1.45. The predicted octanol–water partition coefficient (Wildman–Crippen LogP) is 2.88. The highest BCUT2D eigenvalue weighted by molar-refractivity contribution is 9.10. The first-order valence-corrected chi connectivity index (χ1v) is 6.43. The molecule has 0 fully saturated rings. The third-order valence-electron chi connectivity index (χ3n) is 2.32. The van der Waals surface area contributed by atoms with Crippen LogP contribution in [0.2, 0.25) is 0 Å². The lowest BCUT2D eigenvalue weighted by Crippen LogP contribution is -2.06. The summed E-state index contributed by atoms with van der Waals surface area (Å²) in [6.45, 7) is 2.56. The highest BCUT2D eigenvalue weighted by Crippen LogP contribution is 2.26. The van der Waals surface area contributed by atoms with Crippen molar-refractivity contribution in [1.82, 2.24) is 15.0 Å². The van der Waals surface area contributed by atoms with Crippen molar-refractivity contribution in [3.63, 3.8) is 0 Å². The zero-order valence-corrected chi connectivity index (χ0v) is 12.0. The molecule has 0 bridgehead atoms. The number of anilines is 1. The maximum Gasteiger partial charge on any atom is 0.321 e. The summed E-state index contributed by atoms with van der Waals surface area (Å²) in [6, 6.07) is 5.07. The van der Waals surface area contributed by atoms with Crippen molar-refractivity contribution in [1.29, 1.82) is 0 Å². The third-order valence-corrected chi connectivity index (χ3v) is 2.94. The fourth-order valence-corrected chi connectivity index (χ4v) is 1.85. The van der Waals surface area contributed by atoms with Crippen molar-refractivity contribution in [2.75, 3.05) is 19.0 Å². The standard InChI is InChI=1S/C12H12BrFN4O/c1-3-15-11-16-10(17-12(18-11)19-2)7-5-4-6-8(13)9(7)14/h4-6H,3H2,1-2H3,(H,15,16,17,18). The largest absolute Gasteiger partial charge is 0.467 e. The molecule has 5 nitrogen and oxygen atoms in total. The number of hydrogen-bond acceptors (Lipinski definition) is 5. The van der Waals surface area contributed by atoms with E-state index in [9.17, 15) is 4.39 Å².